The van der Waals surface area contributed by atoms with Crippen LogP contribution in [0.1, 0.15) is 57.4 Å². The molecule has 1 saturated carbocycles. The van der Waals surface area contributed by atoms with Gasteiger partial charge in [-0.25, -0.2) is 4.39 Å². The van der Waals surface area contributed by atoms with Crippen molar-refractivity contribution in [1.29, 1.82) is 0 Å². The van der Waals surface area contributed by atoms with Gasteiger partial charge in [-0.3, -0.25) is 14.6 Å². The largest absolute Gasteiger partial charge is 0.405 e. The van der Waals surface area contributed by atoms with Crippen LogP contribution < -0.4 is 16.4 Å². The molecule has 2 heterocycles. The van der Waals surface area contributed by atoms with E-state index in [1.54, 1.807) is 26.2 Å². The topological polar surface area (TPSA) is 105 Å². The van der Waals surface area contributed by atoms with Crippen molar-refractivity contribution in [1.82, 2.24) is 20.1 Å². The Bertz CT molecular complexity index is 1200. The Morgan fingerprint density at radius 2 is 1.97 bits per heavy atom. The summed E-state index contributed by atoms with van der Waals surface area (Å²) in [5.74, 6) is -0.294. The highest BCUT2D eigenvalue weighted by atomic mass is 19.1. The molecule has 1 aromatic heterocycles. The molecule has 1 saturated heterocycles. The van der Waals surface area contributed by atoms with E-state index in [9.17, 15) is 14.0 Å². The number of aromatic nitrogens is 1. The maximum Gasteiger partial charge on any atom is 0.245 e. The Morgan fingerprint density at radius 3 is 2.66 bits per heavy atom. The highest BCUT2D eigenvalue weighted by Crippen LogP contribution is 2.31. The molecular formula is C29H41FN6O2. The summed E-state index contributed by atoms with van der Waals surface area (Å²) in [6.45, 7) is 3.06. The number of carbonyl (C=O) groups excluding carboxylic acids is 2. The maximum atomic E-state index is 14.2. The third-order valence-corrected chi connectivity index (χ3v) is 8.19. The van der Waals surface area contributed by atoms with Gasteiger partial charge in [0, 0.05) is 48.8 Å². The molecule has 1 aliphatic carbocycles. The maximum absolute atomic E-state index is 14.2. The number of hydrogen-bond acceptors (Lipinski definition) is 5. The summed E-state index contributed by atoms with van der Waals surface area (Å²) in [7, 11) is 3.43. The second-order valence-corrected chi connectivity index (χ2v) is 10.5. The first-order valence-electron chi connectivity index (χ1n) is 13.8. The highest BCUT2D eigenvalue weighted by Gasteiger charge is 2.38. The number of nitrogens with one attached hydrogen (secondary N) is 2. The van der Waals surface area contributed by atoms with Crippen molar-refractivity contribution in [3.05, 3.63) is 48.1 Å². The van der Waals surface area contributed by atoms with Gasteiger partial charge in [0.15, 0.2) is 0 Å². The van der Waals surface area contributed by atoms with Crippen LogP contribution in [-0.2, 0) is 16.1 Å². The van der Waals surface area contributed by atoms with Crippen LogP contribution in [0.4, 0.5) is 4.39 Å². The van der Waals surface area contributed by atoms with Gasteiger partial charge in [0.25, 0.3) is 0 Å². The molecule has 0 bridgehead atoms. The number of likely N-dealkylation sites (N-methyl/N-ethyl adjacent to an activating group) is 1. The van der Waals surface area contributed by atoms with Crippen molar-refractivity contribution >= 4 is 28.4 Å². The van der Waals surface area contributed by atoms with E-state index in [2.05, 4.69) is 20.2 Å². The molecule has 8 nitrogen and oxygen atoms in total. The van der Waals surface area contributed by atoms with Crippen LogP contribution in [0.5, 0.6) is 0 Å². The Morgan fingerprint density at radius 1 is 1.21 bits per heavy atom. The van der Waals surface area contributed by atoms with Gasteiger partial charge in [0.1, 0.15) is 11.9 Å². The van der Waals surface area contributed by atoms with Gasteiger partial charge < -0.3 is 25.8 Å². The summed E-state index contributed by atoms with van der Waals surface area (Å²) < 4.78 is 16.3. The molecule has 2 aliphatic rings. The van der Waals surface area contributed by atoms with E-state index in [4.69, 9.17) is 5.73 Å². The quantitative estimate of drug-likeness (QED) is 0.438. The van der Waals surface area contributed by atoms with Crippen LogP contribution in [0.3, 0.4) is 0 Å². The predicted molar refractivity (Wildman–Crippen MR) is 149 cm³/mol. The first-order valence-corrected chi connectivity index (χ1v) is 13.8. The van der Waals surface area contributed by atoms with Crippen LogP contribution in [0.15, 0.2) is 41.7 Å². The fourth-order valence-corrected chi connectivity index (χ4v) is 5.98. The molecule has 0 radical (unpaired) electrons. The average molecular weight is 525 g/mol. The fourth-order valence-electron chi connectivity index (χ4n) is 5.98. The minimum atomic E-state index is -0.515. The molecule has 2 fully saturated rings. The molecule has 2 aromatic rings. The van der Waals surface area contributed by atoms with E-state index < -0.39 is 6.04 Å². The number of aliphatic imine (C=N–C) groups is 1. The van der Waals surface area contributed by atoms with Gasteiger partial charge in [-0.2, -0.15) is 0 Å². The van der Waals surface area contributed by atoms with Crippen molar-refractivity contribution in [2.45, 2.75) is 76.5 Å². The lowest BCUT2D eigenvalue weighted by molar-refractivity contribution is -0.139. The second-order valence-electron chi connectivity index (χ2n) is 10.5. The van der Waals surface area contributed by atoms with Crippen molar-refractivity contribution in [3.8, 4) is 0 Å². The van der Waals surface area contributed by atoms with Gasteiger partial charge in [-0.15, -0.1) is 0 Å². The number of carbonyl (C=O) groups is 2. The SMILES string of the molecule is CN=C(C=CN)c1cn(C[C@@H]2CCCN2C(=O)[C@@H](NC(=O)[C@H](C)NC)C2CCCCC2)c2ccc(F)cc12. The van der Waals surface area contributed by atoms with Gasteiger partial charge in [-0.1, -0.05) is 19.3 Å². The number of nitrogens with two attached hydrogens (primary N) is 1. The monoisotopic (exact) mass is 524 g/mol. The number of halogens is 1. The molecule has 3 atom stereocenters. The summed E-state index contributed by atoms with van der Waals surface area (Å²) in [5.41, 5.74) is 7.99. The molecule has 206 valence electrons. The fraction of sp³-hybridized carbons (Fsp3) is 0.552. The zero-order valence-electron chi connectivity index (χ0n) is 22.8. The third kappa shape index (κ3) is 5.93. The first kappa shape index (κ1) is 27.8. The van der Waals surface area contributed by atoms with E-state index in [0.717, 1.165) is 55.0 Å². The Kier molecular flexibility index (Phi) is 9.20. The molecule has 0 spiro atoms. The average Bonchev–Trinajstić information content (AvgIpc) is 3.54. The molecule has 2 amide bonds. The number of rotatable bonds is 9. The van der Waals surface area contributed by atoms with Crippen LogP contribution in [0.25, 0.3) is 10.9 Å². The van der Waals surface area contributed by atoms with Crippen molar-refractivity contribution in [2.24, 2.45) is 16.6 Å². The Balaban J connectivity index is 1.62. The van der Waals surface area contributed by atoms with Gasteiger partial charge in [-0.05, 0) is 76.0 Å². The zero-order chi connectivity index (χ0) is 27.2. The number of likely N-dealkylation sites (tertiary alicyclic amines) is 1. The van der Waals surface area contributed by atoms with Crippen LogP contribution in [0.2, 0.25) is 0 Å². The number of fused-ring (bicyclic) bond motifs is 1. The molecule has 9 heteroatoms. The minimum absolute atomic E-state index is 0.0145. The molecular weight excluding hydrogens is 483 g/mol. The molecule has 0 unspecified atom stereocenters. The van der Waals surface area contributed by atoms with E-state index >= 15 is 0 Å². The number of nitrogens with zero attached hydrogens (tertiary/aromatic N) is 3. The van der Waals surface area contributed by atoms with Crippen LogP contribution >= 0.6 is 0 Å². The van der Waals surface area contributed by atoms with Crippen LogP contribution in [-0.4, -0.2) is 65.8 Å². The number of allylic oxidation sites excluding steroid dienone is 1. The standard InChI is InChI=1S/C29H41FN6O2/c1-19(32-2)28(37)34-27(20-8-5-4-6-9-20)29(38)36-15-7-10-22(36)17-35-18-24(25(33-3)13-14-31)23-16-21(30)11-12-26(23)35/h11-14,16,18-20,22,27,32H,4-10,15,17,31H2,1-3H3,(H,34,37)/t19-,22-,27-/m0/s1. The van der Waals surface area contributed by atoms with E-state index in [1.807, 2.05) is 18.0 Å². The molecule has 4 N–H and O–H groups in total. The number of benzene rings is 1. The summed E-state index contributed by atoms with van der Waals surface area (Å²) in [6.07, 6.45) is 12.1. The summed E-state index contributed by atoms with van der Waals surface area (Å²) >= 11 is 0. The van der Waals surface area contributed by atoms with Crippen molar-refractivity contribution in [2.75, 3.05) is 20.6 Å². The Hall–Kier alpha value is -3.20. The van der Waals surface area contributed by atoms with E-state index in [1.165, 1.54) is 24.8 Å². The zero-order valence-corrected chi connectivity index (χ0v) is 22.8. The summed E-state index contributed by atoms with van der Waals surface area (Å²) in [5, 5.41) is 6.84. The molecule has 38 heavy (non-hydrogen) atoms. The second kappa shape index (κ2) is 12.6. The van der Waals surface area contributed by atoms with Crippen molar-refractivity contribution < 1.29 is 14.0 Å². The van der Waals surface area contributed by atoms with E-state index in [-0.39, 0.29) is 35.6 Å². The van der Waals surface area contributed by atoms with E-state index in [0.29, 0.717) is 18.8 Å². The lowest BCUT2D eigenvalue weighted by Crippen LogP contribution is -2.56. The first-order chi connectivity index (χ1) is 18.4. The van der Waals surface area contributed by atoms with Gasteiger partial charge in [0.05, 0.1) is 11.8 Å². The molecule has 1 aromatic carbocycles. The van der Waals surface area contributed by atoms with Crippen molar-refractivity contribution in [3.63, 3.8) is 0 Å². The van der Waals surface area contributed by atoms with Gasteiger partial charge in [0.2, 0.25) is 11.8 Å². The number of amides is 2. The summed E-state index contributed by atoms with van der Waals surface area (Å²) in [4.78, 5) is 33.2. The predicted octanol–water partition coefficient (Wildman–Crippen LogP) is 3.34. The smallest absolute Gasteiger partial charge is 0.245 e. The lowest BCUT2D eigenvalue weighted by Gasteiger charge is -2.35. The molecule has 1 aliphatic heterocycles. The minimum Gasteiger partial charge on any atom is -0.405 e. The molecule has 4 rings (SSSR count). The third-order valence-electron chi connectivity index (χ3n) is 8.19. The Labute approximate surface area is 224 Å². The van der Waals surface area contributed by atoms with Gasteiger partial charge >= 0.3 is 0 Å². The number of hydrogen-bond donors (Lipinski definition) is 3. The summed E-state index contributed by atoms with van der Waals surface area (Å²) in [6, 6.07) is 3.85. The lowest BCUT2D eigenvalue weighted by atomic mass is 9.83. The van der Waals surface area contributed by atoms with Crippen LogP contribution in [0, 0.1) is 11.7 Å². The normalized spacial score (nSPS) is 20.8. The highest BCUT2D eigenvalue weighted by molar-refractivity contribution is 6.16.